The first-order chi connectivity index (χ1) is 17.3. The van der Waals surface area contributed by atoms with Gasteiger partial charge < -0.3 is 16.4 Å². The van der Waals surface area contributed by atoms with Gasteiger partial charge in [0.15, 0.2) is 5.82 Å². The molecule has 0 saturated heterocycles. The van der Waals surface area contributed by atoms with Crippen LogP contribution >= 0.6 is 9.69 Å². The predicted molar refractivity (Wildman–Crippen MR) is 151 cm³/mol. The monoisotopic (exact) mass is 598 g/mol. The topological polar surface area (TPSA) is 53.7 Å². The van der Waals surface area contributed by atoms with E-state index in [0.717, 1.165) is 47.4 Å². The second-order valence-electron chi connectivity index (χ2n) is 9.67. The molecule has 2 aromatic carbocycles. The molecule has 1 fully saturated rings. The molecular weight excluding hydrogens is 557 g/mol. The van der Waals surface area contributed by atoms with Crippen LogP contribution in [-0.4, -0.2) is 34.2 Å². The first-order valence-corrected chi connectivity index (χ1v) is 15.1. The molecule has 7 heteroatoms. The summed E-state index contributed by atoms with van der Waals surface area (Å²) in [7, 11) is 6.47. The van der Waals surface area contributed by atoms with Crippen molar-refractivity contribution in [1.29, 1.82) is 0 Å². The van der Waals surface area contributed by atoms with E-state index in [0.29, 0.717) is 11.4 Å². The summed E-state index contributed by atoms with van der Waals surface area (Å²) in [6.07, 6.45) is 8.39. The molecule has 0 spiro atoms. The number of phenols is 1. The number of fused-ring (bicyclic) bond motifs is 1. The number of aliphatic imine (C=N–C) groups is 1. The summed E-state index contributed by atoms with van der Waals surface area (Å²) in [5, 5.41) is 15.7. The van der Waals surface area contributed by atoms with Gasteiger partial charge in [-0.1, -0.05) is 51.7 Å². The molecule has 1 heterocycles. The molecular formula is C29H41ClN4ORu. The van der Waals surface area contributed by atoms with Crippen LogP contribution in [0, 0.1) is 24.2 Å². The predicted octanol–water partition coefficient (Wildman–Crippen LogP) is 7.85. The molecule has 1 aliphatic carbocycles. The van der Waals surface area contributed by atoms with Crippen LogP contribution in [0.3, 0.4) is 0 Å². The molecule has 0 aliphatic heterocycles. The standard InChI is InChI=1S/C19H22N4O.C10H19.ClH.Ru/c1-4-23(5-2)15-11-10-14(18(24)12-15)13-20-19-16-8-6-7-9-17(16)22(3)21-19;1-8(2)10-6-4-9(3)5-7-10;;/h6-13,24H,4-5H2,1-3H3;4,8-10H,5-7H2,1-3H3;1H;/q;-1;;+2/p-1. The molecule has 3 aromatic rings. The molecule has 5 nitrogen and oxygen atoms in total. The second-order valence-corrected chi connectivity index (χ2v) is 9.67. The Kier molecular flexibility index (Phi) is 12.9. The number of aromatic hydroxyl groups is 1. The molecule has 0 amide bonds. The van der Waals surface area contributed by atoms with E-state index in [1.165, 1.54) is 19.3 Å². The van der Waals surface area contributed by atoms with E-state index in [4.69, 9.17) is 0 Å². The van der Waals surface area contributed by atoms with Gasteiger partial charge in [-0.2, -0.15) is 17.4 Å². The number of para-hydroxylation sites is 1. The van der Waals surface area contributed by atoms with Crippen molar-refractivity contribution >= 4 is 38.3 Å². The van der Waals surface area contributed by atoms with Gasteiger partial charge in [0.2, 0.25) is 0 Å². The molecule has 36 heavy (non-hydrogen) atoms. The second kappa shape index (κ2) is 15.4. The molecule has 1 saturated carbocycles. The fourth-order valence-electron chi connectivity index (χ4n) is 4.57. The summed E-state index contributed by atoms with van der Waals surface area (Å²) >= 11 is 1.82. The van der Waals surface area contributed by atoms with E-state index in [-0.39, 0.29) is 5.75 Å². The summed E-state index contributed by atoms with van der Waals surface area (Å²) in [5.41, 5.74) is 2.73. The molecule has 0 radical (unpaired) electrons. The Labute approximate surface area is 231 Å². The van der Waals surface area contributed by atoms with Gasteiger partial charge in [-0.05, 0) is 44.0 Å². The zero-order valence-corrected chi connectivity index (χ0v) is 24.9. The van der Waals surface area contributed by atoms with Crippen LogP contribution in [0.15, 0.2) is 47.5 Å². The Morgan fingerprint density at radius 3 is 2.47 bits per heavy atom. The van der Waals surface area contributed by atoms with E-state index in [1.807, 2.05) is 65.4 Å². The van der Waals surface area contributed by atoms with Crippen molar-refractivity contribution in [1.82, 2.24) is 9.78 Å². The number of rotatable bonds is 6. The van der Waals surface area contributed by atoms with Crippen LogP contribution in [-0.2, 0) is 24.4 Å². The molecule has 4 rings (SSSR count). The Hall–Kier alpha value is -1.91. The molecule has 198 valence electrons. The molecule has 2 atom stereocenters. The minimum absolute atomic E-state index is 0.225. The van der Waals surface area contributed by atoms with E-state index in [9.17, 15) is 5.11 Å². The third kappa shape index (κ3) is 8.31. The van der Waals surface area contributed by atoms with E-state index >= 15 is 0 Å². The first kappa shape index (κ1) is 30.3. The van der Waals surface area contributed by atoms with Gasteiger partial charge >= 0.3 is 27.0 Å². The van der Waals surface area contributed by atoms with Gasteiger partial charge in [0.25, 0.3) is 0 Å². The summed E-state index contributed by atoms with van der Waals surface area (Å²) < 4.78 is 1.81. The average molecular weight is 598 g/mol. The third-order valence-electron chi connectivity index (χ3n) is 6.98. The number of hydrogen-bond donors (Lipinski definition) is 1. The summed E-state index contributed by atoms with van der Waals surface area (Å²) in [4.78, 5) is 6.66. The van der Waals surface area contributed by atoms with Crippen molar-refractivity contribution in [3.8, 4) is 5.75 Å². The van der Waals surface area contributed by atoms with Crippen molar-refractivity contribution in [2.45, 2.75) is 53.9 Å². The number of aryl methyl sites for hydroxylation is 1. The van der Waals surface area contributed by atoms with Crippen molar-refractivity contribution in [3.63, 3.8) is 0 Å². The third-order valence-corrected chi connectivity index (χ3v) is 6.98. The van der Waals surface area contributed by atoms with Gasteiger partial charge in [0.1, 0.15) is 5.75 Å². The van der Waals surface area contributed by atoms with E-state index in [2.05, 4.69) is 65.7 Å². The van der Waals surface area contributed by atoms with Gasteiger partial charge in [0.05, 0.1) is 5.52 Å². The number of anilines is 1. The van der Waals surface area contributed by atoms with Crippen molar-refractivity contribution < 1.29 is 22.4 Å². The van der Waals surface area contributed by atoms with E-state index < -0.39 is 0 Å². The summed E-state index contributed by atoms with van der Waals surface area (Å²) in [6, 6.07) is 13.6. The Bertz CT molecular complexity index is 1090. The van der Waals surface area contributed by atoms with E-state index in [1.54, 1.807) is 12.3 Å². The Morgan fingerprint density at radius 1 is 1.19 bits per heavy atom. The molecule has 1 N–H and O–H groups in total. The summed E-state index contributed by atoms with van der Waals surface area (Å²) in [6.45, 7) is 13.0. The number of benzene rings is 2. The Balaban J connectivity index is 0.000000318. The fourth-order valence-corrected chi connectivity index (χ4v) is 4.57. The first-order valence-electron chi connectivity index (χ1n) is 12.8. The number of hydrogen-bond acceptors (Lipinski definition) is 4. The number of phenolic OH excluding ortho intramolecular Hbond substituents is 1. The van der Waals surface area contributed by atoms with Gasteiger partial charge in [0, 0.05) is 49.1 Å². The molecule has 2 unspecified atom stereocenters. The van der Waals surface area contributed by atoms with Crippen LogP contribution < -0.4 is 4.90 Å². The van der Waals surface area contributed by atoms with Crippen molar-refractivity contribution in [3.05, 3.63) is 54.4 Å². The number of halogens is 1. The number of nitrogens with zero attached hydrogens (tertiary/aromatic N) is 4. The van der Waals surface area contributed by atoms with Crippen molar-refractivity contribution in [2.75, 3.05) is 18.0 Å². The zero-order valence-electron chi connectivity index (χ0n) is 22.4. The van der Waals surface area contributed by atoms with Crippen LogP contribution in [0.4, 0.5) is 11.5 Å². The fraction of sp³-hybridized carbons (Fsp3) is 0.483. The average Bonchev–Trinajstić information content (AvgIpc) is 3.21. The van der Waals surface area contributed by atoms with Gasteiger partial charge in [-0.3, -0.25) is 4.68 Å². The quantitative estimate of drug-likeness (QED) is 0.179. The maximum absolute atomic E-state index is 10.3. The number of aromatic nitrogens is 2. The van der Waals surface area contributed by atoms with Crippen LogP contribution in [0.25, 0.3) is 10.9 Å². The van der Waals surface area contributed by atoms with Gasteiger partial charge in [-0.25, -0.2) is 4.99 Å². The van der Waals surface area contributed by atoms with Gasteiger partial charge in [-0.15, -0.1) is 0 Å². The zero-order chi connectivity index (χ0) is 26.7. The van der Waals surface area contributed by atoms with Crippen LogP contribution in [0.1, 0.15) is 59.4 Å². The summed E-state index contributed by atoms with van der Waals surface area (Å²) in [5.74, 6) is 3.64. The normalized spacial score (nSPS) is 17.5. The SMILES string of the molecule is CC1[CH-]CC(C(C)C)CC1.CCN(CC)c1ccc(C=Nc2nn(C)c3ccccc23)c(O)c1.[Cl][Ru+]. The Morgan fingerprint density at radius 2 is 1.89 bits per heavy atom. The molecule has 1 aromatic heterocycles. The molecule has 1 aliphatic rings. The minimum atomic E-state index is 0.225. The van der Waals surface area contributed by atoms with Crippen molar-refractivity contribution in [2.24, 2.45) is 29.8 Å². The molecule has 0 bridgehead atoms. The van der Waals surface area contributed by atoms with Crippen LogP contribution in [0.5, 0.6) is 5.75 Å². The maximum atomic E-state index is 10.3. The van der Waals surface area contributed by atoms with Crippen LogP contribution in [0.2, 0.25) is 0 Å².